The molecule has 2 aromatic carbocycles. The largest absolute Gasteiger partial charge is 0.394 e. The molecule has 28 heavy (non-hydrogen) atoms. The molecule has 0 unspecified atom stereocenters. The molecule has 7 heteroatoms. The molecule has 7 nitrogen and oxygen atoms in total. The smallest absolute Gasteiger partial charge is 0.313 e. The van der Waals surface area contributed by atoms with Crippen LogP contribution in [0, 0.1) is 0 Å². The molecule has 1 atom stereocenters. The van der Waals surface area contributed by atoms with Gasteiger partial charge in [0.1, 0.15) is 0 Å². The number of rotatable bonds is 8. The monoisotopic (exact) mass is 383 g/mol. The van der Waals surface area contributed by atoms with Crippen molar-refractivity contribution in [2.45, 2.75) is 25.8 Å². The molecule has 0 saturated carbocycles. The maximum absolute atomic E-state index is 12.5. The Morgan fingerprint density at radius 3 is 2.32 bits per heavy atom. The Morgan fingerprint density at radius 2 is 1.64 bits per heavy atom. The quantitative estimate of drug-likeness (QED) is 0.518. The van der Waals surface area contributed by atoms with Gasteiger partial charge in [0.2, 0.25) is 0 Å². The van der Waals surface area contributed by atoms with E-state index < -0.39 is 17.9 Å². The van der Waals surface area contributed by atoms with Gasteiger partial charge in [0.15, 0.2) is 0 Å². The SMILES string of the molecule is CC[C@@H](CO)NC(=O)C(=O)Nc1ccccc1C(=O)NCCc1ccccc1. The van der Waals surface area contributed by atoms with Crippen LogP contribution in [0.4, 0.5) is 5.69 Å². The van der Waals surface area contributed by atoms with Crippen molar-refractivity contribution in [1.29, 1.82) is 0 Å². The molecule has 2 aromatic rings. The molecule has 3 amide bonds. The highest BCUT2D eigenvalue weighted by molar-refractivity contribution is 6.40. The first-order valence-corrected chi connectivity index (χ1v) is 9.19. The van der Waals surface area contributed by atoms with E-state index in [1.807, 2.05) is 30.3 Å². The lowest BCUT2D eigenvalue weighted by Crippen LogP contribution is -2.43. The van der Waals surface area contributed by atoms with E-state index in [1.54, 1.807) is 31.2 Å². The van der Waals surface area contributed by atoms with Crippen molar-refractivity contribution in [3.05, 3.63) is 65.7 Å². The Bertz CT molecular complexity index is 804. The lowest BCUT2D eigenvalue weighted by Gasteiger charge is -2.15. The average molecular weight is 383 g/mol. The van der Waals surface area contributed by atoms with Crippen LogP contribution in [0.3, 0.4) is 0 Å². The number of anilines is 1. The molecular weight excluding hydrogens is 358 g/mol. The average Bonchev–Trinajstić information content (AvgIpc) is 2.72. The van der Waals surface area contributed by atoms with E-state index in [0.717, 1.165) is 5.56 Å². The number of aliphatic hydroxyl groups excluding tert-OH is 1. The highest BCUT2D eigenvalue weighted by Crippen LogP contribution is 2.15. The molecule has 0 spiro atoms. The van der Waals surface area contributed by atoms with Crippen LogP contribution in [-0.4, -0.2) is 42.0 Å². The first kappa shape index (κ1) is 21.1. The van der Waals surface area contributed by atoms with E-state index >= 15 is 0 Å². The van der Waals surface area contributed by atoms with E-state index in [0.29, 0.717) is 19.4 Å². The third-order valence-corrected chi connectivity index (χ3v) is 4.22. The van der Waals surface area contributed by atoms with E-state index in [1.165, 1.54) is 0 Å². The molecule has 0 aliphatic carbocycles. The summed E-state index contributed by atoms with van der Waals surface area (Å²) in [6.07, 6.45) is 1.18. The van der Waals surface area contributed by atoms with Crippen LogP contribution in [0.15, 0.2) is 54.6 Å². The molecule has 4 N–H and O–H groups in total. The predicted molar refractivity (Wildman–Crippen MR) is 107 cm³/mol. The highest BCUT2D eigenvalue weighted by atomic mass is 16.3. The van der Waals surface area contributed by atoms with Crippen molar-refractivity contribution < 1.29 is 19.5 Å². The number of hydrogen-bond acceptors (Lipinski definition) is 4. The maximum atomic E-state index is 12.5. The molecule has 0 bridgehead atoms. The summed E-state index contributed by atoms with van der Waals surface area (Å²) >= 11 is 0. The van der Waals surface area contributed by atoms with Crippen LogP contribution in [0.25, 0.3) is 0 Å². The fourth-order valence-electron chi connectivity index (χ4n) is 2.56. The Morgan fingerprint density at radius 1 is 0.964 bits per heavy atom. The minimum atomic E-state index is -0.892. The van der Waals surface area contributed by atoms with Crippen LogP contribution in [-0.2, 0) is 16.0 Å². The van der Waals surface area contributed by atoms with Gasteiger partial charge in [-0.3, -0.25) is 14.4 Å². The summed E-state index contributed by atoms with van der Waals surface area (Å²) in [5.74, 6) is -2.09. The summed E-state index contributed by atoms with van der Waals surface area (Å²) in [5.41, 5.74) is 1.62. The Balaban J connectivity index is 1.96. The van der Waals surface area contributed by atoms with Gasteiger partial charge in [-0.15, -0.1) is 0 Å². The van der Waals surface area contributed by atoms with Crippen molar-refractivity contribution in [3.8, 4) is 0 Å². The zero-order valence-electron chi connectivity index (χ0n) is 15.8. The zero-order valence-corrected chi connectivity index (χ0v) is 15.8. The lowest BCUT2D eigenvalue weighted by molar-refractivity contribution is -0.136. The third kappa shape index (κ3) is 6.21. The highest BCUT2D eigenvalue weighted by Gasteiger charge is 2.19. The Kier molecular flexibility index (Phi) is 8.17. The molecule has 0 aromatic heterocycles. The summed E-state index contributed by atoms with van der Waals surface area (Å²) in [6, 6.07) is 15.8. The van der Waals surface area contributed by atoms with Crippen molar-refractivity contribution in [1.82, 2.24) is 10.6 Å². The zero-order chi connectivity index (χ0) is 20.4. The van der Waals surface area contributed by atoms with Gasteiger partial charge in [-0.25, -0.2) is 0 Å². The number of para-hydroxylation sites is 1. The van der Waals surface area contributed by atoms with Gasteiger partial charge < -0.3 is 21.1 Å². The molecule has 0 fully saturated rings. The molecule has 0 radical (unpaired) electrons. The van der Waals surface area contributed by atoms with Gasteiger partial charge in [0.05, 0.1) is 23.9 Å². The number of amides is 3. The fourth-order valence-corrected chi connectivity index (χ4v) is 2.56. The van der Waals surface area contributed by atoms with Gasteiger partial charge in [-0.05, 0) is 30.5 Å². The molecule has 2 rings (SSSR count). The summed E-state index contributed by atoms with van der Waals surface area (Å²) in [7, 11) is 0. The van der Waals surface area contributed by atoms with Crippen LogP contribution in [0.1, 0.15) is 29.3 Å². The fraction of sp³-hybridized carbons (Fsp3) is 0.286. The topological polar surface area (TPSA) is 108 Å². The van der Waals surface area contributed by atoms with Crippen molar-refractivity contribution in [3.63, 3.8) is 0 Å². The van der Waals surface area contributed by atoms with Crippen molar-refractivity contribution in [2.75, 3.05) is 18.5 Å². The number of aliphatic hydroxyl groups is 1. The molecule has 148 valence electrons. The number of hydrogen-bond donors (Lipinski definition) is 4. The first-order chi connectivity index (χ1) is 13.5. The minimum absolute atomic E-state index is 0.247. The van der Waals surface area contributed by atoms with Crippen molar-refractivity contribution >= 4 is 23.4 Å². The molecule has 0 heterocycles. The predicted octanol–water partition coefficient (Wildman–Crippen LogP) is 1.48. The lowest BCUT2D eigenvalue weighted by atomic mass is 10.1. The van der Waals surface area contributed by atoms with Gasteiger partial charge in [0.25, 0.3) is 5.91 Å². The first-order valence-electron chi connectivity index (χ1n) is 9.19. The van der Waals surface area contributed by atoms with Gasteiger partial charge in [-0.1, -0.05) is 49.4 Å². The van der Waals surface area contributed by atoms with Crippen LogP contribution < -0.4 is 16.0 Å². The number of carbonyl (C=O) groups excluding carboxylic acids is 3. The molecule has 0 aliphatic rings. The van der Waals surface area contributed by atoms with Crippen LogP contribution in [0.5, 0.6) is 0 Å². The number of benzene rings is 2. The van der Waals surface area contributed by atoms with E-state index in [4.69, 9.17) is 5.11 Å². The summed E-state index contributed by atoms with van der Waals surface area (Å²) in [5, 5.41) is 16.8. The van der Waals surface area contributed by atoms with E-state index in [2.05, 4.69) is 16.0 Å². The number of nitrogens with one attached hydrogen (secondary N) is 3. The minimum Gasteiger partial charge on any atom is -0.394 e. The molecule has 0 aliphatic heterocycles. The second kappa shape index (κ2) is 10.8. The van der Waals surface area contributed by atoms with Crippen molar-refractivity contribution in [2.24, 2.45) is 0 Å². The van der Waals surface area contributed by atoms with Gasteiger partial charge in [0, 0.05) is 6.54 Å². The van der Waals surface area contributed by atoms with Crippen LogP contribution >= 0.6 is 0 Å². The van der Waals surface area contributed by atoms with Crippen LogP contribution in [0.2, 0.25) is 0 Å². The normalized spacial score (nSPS) is 11.4. The summed E-state index contributed by atoms with van der Waals surface area (Å²) < 4.78 is 0. The van der Waals surface area contributed by atoms with Gasteiger partial charge >= 0.3 is 11.8 Å². The Hall–Kier alpha value is -3.19. The maximum Gasteiger partial charge on any atom is 0.313 e. The van der Waals surface area contributed by atoms with Gasteiger partial charge in [-0.2, -0.15) is 0 Å². The second-order valence-corrected chi connectivity index (χ2v) is 6.25. The Labute approximate surface area is 164 Å². The summed E-state index contributed by atoms with van der Waals surface area (Å²) in [6.45, 7) is 1.98. The molecule has 0 saturated heterocycles. The third-order valence-electron chi connectivity index (χ3n) is 4.22. The van der Waals surface area contributed by atoms with E-state index in [-0.39, 0.29) is 23.8 Å². The second-order valence-electron chi connectivity index (χ2n) is 6.25. The molecular formula is C21H25N3O4. The van der Waals surface area contributed by atoms with E-state index in [9.17, 15) is 14.4 Å². The summed E-state index contributed by atoms with van der Waals surface area (Å²) in [4.78, 5) is 36.5. The standard InChI is InChI=1S/C21H25N3O4/c1-2-16(14-25)23-20(27)21(28)24-18-11-7-6-10-17(18)19(26)22-13-12-15-8-4-3-5-9-15/h3-11,16,25H,2,12-14H2,1H3,(H,22,26)(H,23,27)(H,24,28)/t16-/m0/s1. The number of carbonyl (C=O) groups is 3.